The Morgan fingerprint density at radius 2 is 1.93 bits per heavy atom. The van der Waals surface area contributed by atoms with Crippen molar-refractivity contribution in [3.05, 3.63) is 0 Å². The predicted molar refractivity (Wildman–Crippen MR) is 56.1 cm³/mol. The fraction of sp³-hybridized carbons (Fsp3) is 0.714. The van der Waals surface area contributed by atoms with Crippen LogP contribution < -0.4 is 5.73 Å². The van der Waals surface area contributed by atoms with Crippen LogP contribution >= 0.6 is 34.8 Å². The standard InChI is InChI=1S/C7H10Cl3NO4/c8-7(9,10)3-15-5(12)2-1-4(11)6(13)14/h4H,1-3,11H2,(H,13,14)/t4-/m0/s1. The Labute approximate surface area is 101 Å². The van der Waals surface area contributed by atoms with E-state index in [2.05, 4.69) is 4.74 Å². The Morgan fingerprint density at radius 1 is 1.40 bits per heavy atom. The minimum atomic E-state index is -1.66. The van der Waals surface area contributed by atoms with E-state index < -0.39 is 21.8 Å². The lowest BCUT2D eigenvalue weighted by Crippen LogP contribution is -2.31. The molecule has 1 atom stereocenters. The average Bonchev–Trinajstić information content (AvgIpc) is 2.09. The molecule has 0 spiro atoms. The summed E-state index contributed by atoms with van der Waals surface area (Å²) in [5.41, 5.74) is 5.16. The molecule has 0 aromatic heterocycles. The van der Waals surface area contributed by atoms with E-state index in [9.17, 15) is 9.59 Å². The quantitative estimate of drug-likeness (QED) is 0.580. The molecule has 15 heavy (non-hydrogen) atoms. The van der Waals surface area contributed by atoms with Crippen molar-refractivity contribution in [3.63, 3.8) is 0 Å². The van der Waals surface area contributed by atoms with Gasteiger partial charge in [-0.3, -0.25) is 9.59 Å². The average molecular weight is 279 g/mol. The maximum absolute atomic E-state index is 11.0. The van der Waals surface area contributed by atoms with E-state index in [0.29, 0.717) is 0 Å². The van der Waals surface area contributed by atoms with Crippen molar-refractivity contribution >= 4 is 46.7 Å². The van der Waals surface area contributed by atoms with Crippen LogP contribution in [0.25, 0.3) is 0 Å². The number of carbonyl (C=O) groups is 2. The number of halogens is 3. The minimum Gasteiger partial charge on any atom is -0.480 e. The second kappa shape index (κ2) is 6.37. The number of ether oxygens (including phenoxy) is 1. The first-order chi connectivity index (χ1) is 6.72. The third-order valence-corrected chi connectivity index (χ3v) is 1.70. The second-order valence-electron chi connectivity index (χ2n) is 2.76. The van der Waals surface area contributed by atoms with Crippen molar-refractivity contribution in [2.75, 3.05) is 6.61 Å². The summed E-state index contributed by atoms with van der Waals surface area (Å²) in [6.45, 7) is -0.376. The number of carboxylic acid groups (broad SMARTS) is 1. The number of carboxylic acids is 1. The van der Waals surface area contributed by atoms with E-state index in [1.807, 2.05) is 0 Å². The highest BCUT2D eigenvalue weighted by molar-refractivity contribution is 6.67. The van der Waals surface area contributed by atoms with Crippen LogP contribution in [0.15, 0.2) is 0 Å². The summed E-state index contributed by atoms with van der Waals surface area (Å²) in [7, 11) is 0. The van der Waals surface area contributed by atoms with Crippen LogP contribution in [0.5, 0.6) is 0 Å². The number of nitrogens with two attached hydrogens (primary N) is 1. The van der Waals surface area contributed by atoms with Crippen molar-refractivity contribution in [3.8, 4) is 0 Å². The van der Waals surface area contributed by atoms with Gasteiger partial charge in [0.15, 0.2) is 0 Å². The number of alkyl halides is 3. The molecule has 0 aliphatic carbocycles. The highest BCUT2D eigenvalue weighted by Gasteiger charge is 2.22. The molecule has 0 aromatic rings. The number of rotatable bonds is 5. The van der Waals surface area contributed by atoms with Gasteiger partial charge in [0.1, 0.15) is 12.6 Å². The van der Waals surface area contributed by atoms with Gasteiger partial charge in [-0.1, -0.05) is 34.8 Å². The number of carbonyl (C=O) groups excluding carboxylic acids is 1. The number of hydrogen-bond acceptors (Lipinski definition) is 4. The van der Waals surface area contributed by atoms with Crippen LogP contribution in [0.1, 0.15) is 12.8 Å². The summed E-state index contributed by atoms with van der Waals surface area (Å²) in [4.78, 5) is 21.3. The zero-order valence-electron chi connectivity index (χ0n) is 7.58. The monoisotopic (exact) mass is 277 g/mol. The molecule has 0 unspecified atom stereocenters. The van der Waals surface area contributed by atoms with Crippen LogP contribution in [-0.4, -0.2) is 33.5 Å². The topological polar surface area (TPSA) is 89.6 Å². The molecule has 0 heterocycles. The highest BCUT2D eigenvalue weighted by Crippen LogP contribution is 2.26. The third kappa shape index (κ3) is 8.74. The Kier molecular flexibility index (Phi) is 6.28. The Hall–Kier alpha value is -0.230. The summed E-state index contributed by atoms with van der Waals surface area (Å²) in [5, 5.41) is 8.41. The fourth-order valence-corrected chi connectivity index (χ4v) is 0.795. The normalized spacial score (nSPS) is 13.3. The third-order valence-electron chi connectivity index (χ3n) is 1.37. The van der Waals surface area contributed by atoms with E-state index >= 15 is 0 Å². The molecule has 0 radical (unpaired) electrons. The van der Waals surface area contributed by atoms with Gasteiger partial charge in [-0.2, -0.15) is 0 Å². The molecular formula is C7H10Cl3NO4. The Morgan fingerprint density at radius 3 is 2.33 bits per heavy atom. The summed E-state index contributed by atoms with van der Waals surface area (Å²) in [6.07, 6.45) is -0.151. The van der Waals surface area contributed by atoms with E-state index in [4.69, 9.17) is 45.6 Å². The smallest absolute Gasteiger partial charge is 0.320 e. The van der Waals surface area contributed by atoms with Crippen molar-refractivity contribution in [2.24, 2.45) is 5.73 Å². The summed E-state index contributed by atoms with van der Waals surface area (Å²) >= 11 is 16.0. The maximum atomic E-state index is 11.0. The largest absolute Gasteiger partial charge is 0.480 e. The van der Waals surface area contributed by atoms with Gasteiger partial charge in [0.05, 0.1) is 0 Å². The molecule has 5 nitrogen and oxygen atoms in total. The van der Waals surface area contributed by atoms with Gasteiger partial charge in [-0.25, -0.2) is 0 Å². The molecule has 0 bridgehead atoms. The molecule has 0 aliphatic rings. The van der Waals surface area contributed by atoms with E-state index in [0.717, 1.165) is 0 Å². The molecule has 0 saturated heterocycles. The first kappa shape index (κ1) is 14.8. The number of aliphatic carboxylic acids is 1. The van der Waals surface area contributed by atoms with E-state index in [1.165, 1.54) is 0 Å². The van der Waals surface area contributed by atoms with Crippen LogP contribution in [0, 0.1) is 0 Å². The molecule has 0 saturated carbocycles. The van der Waals surface area contributed by atoms with Gasteiger partial charge in [0.25, 0.3) is 0 Å². The van der Waals surface area contributed by atoms with Crippen LogP contribution in [0.4, 0.5) is 0 Å². The van der Waals surface area contributed by atoms with Crippen LogP contribution in [0.2, 0.25) is 0 Å². The lowest BCUT2D eigenvalue weighted by molar-refractivity contribution is -0.144. The molecule has 3 N–H and O–H groups in total. The maximum Gasteiger partial charge on any atom is 0.320 e. The predicted octanol–water partition coefficient (Wildman–Crippen LogP) is 1.09. The van der Waals surface area contributed by atoms with Gasteiger partial charge >= 0.3 is 11.9 Å². The minimum absolute atomic E-state index is 0.0198. The number of esters is 1. The molecule has 8 heteroatoms. The van der Waals surface area contributed by atoms with Crippen LogP contribution in [-0.2, 0) is 14.3 Å². The fourth-order valence-electron chi connectivity index (χ4n) is 0.631. The molecule has 0 fully saturated rings. The van der Waals surface area contributed by atoms with Crippen molar-refractivity contribution in [2.45, 2.75) is 22.7 Å². The van der Waals surface area contributed by atoms with Crippen molar-refractivity contribution in [1.29, 1.82) is 0 Å². The molecular weight excluding hydrogens is 268 g/mol. The zero-order valence-corrected chi connectivity index (χ0v) is 9.85. The SMILES string of the molecule is N[C@@H](CCC(=O)OCC(Cl)(Cl)Cl)C(=O)O. The summed E-state index contributed by atoms with van der Waals surface area (Å²) in [5.74, 6) is -1.83. The van der Waals surface area contributed by atoms with Gasteiger partial charge in [-0.05, 0) is 6.42 Å². The van der Waals surface area contributed by atoms with Gasteiger partial charge in [0, 0.05) is 6.42 Å². The summed E-state index contributed by atoms with van der Waals surface area (Å²) < 4.78 is 2.89. The molecule has 88 valence electrons. The first-order valence-electron chi connectivity index (χ1n) is 3.93. The van der Waals surface area contributed by atoms with Crippen molar-refractivity contribution < 1.29 is 19.4 Å². The van der Waals surface area contributed by atoms with Gasteiger partial charge < -0.3 is 15.6 Å². The number of hydrogen-bond donors (Lipinski definition) is 2. The summed E-state index contributed by atoms with van der Waals surface area (Å²) in [6, 6.07) is -1.09. The lowest BCUT2D eigenvalue weighted by Gasteiger charge is -2.11. The lowest BCUT2D eigenvalue weighted by atomic mass is 10.2. The first-order valence-corrected chi connectivity index (χ1v) is 5.06. The second-order valence-corrected chi connectivity index (χ2v) is 5.28. The van der Waals surface area contributed by atoms with Gasteiger partial charge in [0.2, 0.25) is 3.79 Å². The molecule has 0 rings (SSSR count). The molecule has 0 aromatic carbocycles. The highest BCUT2D eigenvalue weighted by atomic mass is 35.6. The van der Waals surface area contributed by atoms with E-state index in [-0.39, 0.29) is 19.4 Å². The Bertz CT molecular complexity index is 241. The van der Waals surface area contributed by atoms with E-state index in [1.54, 1.807) is 0 Å². The van der Waals surface area contributed by atoms with Gasteiger partial charge in [-0.15, -0.1) is 0 Å². The molecule has 0 amide bonds. The zero-order chi connectivity index (χ0) is 12.1. The van der Waals surface area contributed by atoms with Crippen LogP contribution in [0.3, 0.4) is 0 Å². The molecule has 0 aliphatic heterocycles. The van der Waals surface area contributed by atoms with Crippen molar-refractivity contribution in [1.82, 2.24) is 0 Å². The Balaban J connectivity index is 3.72.